The molecule has 0 heterocycles. The Morgan fingerprint density at radius 3 is 0.846 bits per heavy atom. The van der Waals surface area contributed by atoms with E-state index in [-0.39, 0.29) is 0 Å². The number of hydrogen-bond donors (Lipinski definition) is 0. The third-order valence-corrected chi connectivity index (χ3v) is 5.64. The molecule has 0 aliphatic rings. The van der Waals surface area contributed by atoms with Gasteiger partial charge in [-0.25, -0.2) is 0 Å². The predicted octanol–water partition coefficient (Wildman–Crippen LogP) is 9.50. The third-order valence-electron chi connectivity index (χ3n) is 5.64. The van der Waals surface area contributed by atoms with Crippen molar-refractivity contribution in [2.75, 3.05) is 0 Å². The fourth-order valence-corrected chi connectivity index (χ4v) is 3.81. The summed E-state index contributed by atoms with van der Waals surface area (Å²) in [5.41, 5.74) is 0. The van der Waals surface area contributed by atoms with Gasteiger partial charge in [0, 0.05) is 6.42 Å². The SMILES string of the molecule is CCCCCCCCCCCCCCCCCCCCCCCCC#N. The minimum Gasteiger partial charge on any atom is -0.198 e. The van der Waals surface area contributed by atoms with Crippen LogP contribution in [0.5, 0.6) is 0 Å². The number of rotatable bonds is 22. The zero-order valence-corrected chi connectivity index (χ0v) is 18.2. The average Bonchev–Trinajstić information content (AvgIpc) is 2.66. The summed E-state index contributed by atoms with van der Waals surface area (Å²) in [5.74, 6) is 0. The molecule has 0 saturated heterocycles. The molecule has 0 amide bonds. The molecule has 154 valence electrons. The van der Waals surface area contributed by atoms with Crippen molar-refractivity contribution in [3.63, 3.8) is 0 Å². The first kappa shape index (κ1) is 25.5. The summed E-state index contributed by atoms with van der Waals surface area (Å²) in [7, 11) is 0. The molecule has 0 bridgehead atoms. The van der Waals surface area contributed by atoms with Gasteiger partial charge in [-0.2, -0.15) is 5.26 Å². The van der Waals surface area contributed by atoms with Gasteiger partial charge >= 0.3 is 0 Å². The highest BCUT2D eigenvalue weighted by Gasteiger charge is 1.95. The predicted molar refractivity (Wildman–Crippen MR) is 117 cm³/mol. The molecule has 0 aromatic rings. The highest BCUT2D eigenvalue weighted by Crippen LogP contribution is 2.15. The van der Waals surface area contributed by atoms with E-state index in [1.165, 1.54) is 135 Å². The van der Waals surface area contributed by atoms with E-state index in [1.807, 2.05) is 0 Å². The van der Waals surface area contributed by atoms with Crippen molar-refractivity contribution < 1.29 is 0 Å². The van der Waals surface area contributed by atoms with Crippen LogP contribution in [0.25, 0.3) is 0 Å². The first-order chi connectivity index (χ1) is 12.9. The molecule has 0 aliphatic heterocycles. The molecular weight excluding hydrogens is 314 g/mol. The van der Waals surface area contributed by atoms with Gasteiger partial charge in [0.05, 0.1) is 6.07 Å². The Hall–Kier alpha value is -0.510. The lowest BCUT2D eigenvalue weighted by molar-refractivity contribution is 0.519. The molecule has 0 rings (SSSR count). The van der Waals surface area contributed by atoms with Crippen LogP contribution in [0.15, 0.2) is 0 Å². The molecule has 0 radical (unpaired) electrons. The van der Waals surface area contributed by atoms with Crippen molar-refractivity contribution in [1.29, 1.82) is 5.26 Å². The number of nitrogens with zero attached hydrogens (tertiary/aromatic N) is 1. The molecule has 0 fully saturated rings. The summed E-state index contributed by atoms with van der Waals surface area (Å²) in [4.78, 5) is 0. The fraction of sp³-hybridized carbons (Fsp3) is 0.960. The van der Waals surface area contributed by atoms with Gasteiger partial charge < -0.3 is 0 Å². The highest BCUT2D eigenvalue weighted by atomic mass is 14.2. The number of hydrogen-bond acceptors (Lipinski definition) is 1. The standard InChI is InChI=1S/C25H49N/c1-2-3-4-5-6-7-8-9-10-11-12-13-14-15-16-17-18-19-20-21-22-23-24-25-26/h2-24H2,1H3. The van der Waals surface area contributed by atoms with E-state index in [9.17, 15) is 0 Å². The van der Waals surface area contributed by atoms with Gasteiger partial charge in [-0.05, 0) is 6.42 Å². The van der Waals surface area contributed by atoms with Crippen LogP contribution in [0.3, 0.4) is 0 Å². The summed E-state index contributed by atoms with van der Waals surface area (Å²) in [6, 6.07) is 2.23. The normalized spacial score (nSPS) is 10.9. The molecule has 0 saturated carbocycles. The highest BCUT2D eigenvalue weighted by molar-refractivity contribution is 4.67. The van der Waals surface area contributed by atoms with Crippen molar-refractivity contribution >= 4 is 0 Å². The van der Waals surface area contributed by atoms with E-state index < -0.39 is 0 Å². The monoisotopic (exact) mass is 363 g/mol. The second-order valence-electron chi connectivity index (χ2n) is 8.33. The van der Waals surface area contributed by atoms with Gasteiger partial charge in [0.25, 0.3) is 0 Å². The second-order valence-corrected chi connectivity index (χ2v) is 8.33. The van der Waals surface area contributed by atoms with Gasteiger partial charge in [0.2, 0.25) is 0 Å². The second kappa shape index (κ2) is 24.5. The van der Waals surface area contributed by atoms with Gasteiger partial charge in [0.15, 0.2) is 0 Å². The van der Waals surface area contributed by atoms with Crippen molar-refractivity contribution in [3.8, 4) is 6.07 Å². The van der Waals surface area contributed by atoms with E-state index in [0.29, 0.717) is 0 Å². The van der Waals surface area contributed by atoms with Crippen molar-refractivity contribution in [2.24, 2.45) is 0 Å². The molecular formula is C25H49N. The lowest BCUT2D eigenvalue weighted by Gasteiger charge is -2.04. The Kier molecular flexibility index (Phi) is 24.0. The molecule has 0 spiro atoms. The lowest BCUT2D eigenvalue weighted by atomic mass is 10.0. The molecule has 0 atom stereocenters. The largest absolute Gasteiger partial charge is 0.198 e. The molecule has 0 unspecified atom stereocenters. The Labute approximate surface area is 166 Å². The quantitative estimate of drug-likeness (QED) is 0.176. The van der Waals surface area contributed by atoms with Crippen LogP contribution in [-0.2, 0) is 0 Å². The smallest absolute Gasteiger partial charge is 0.0621 e. The maximum atomic E-state index is 8.48. The van der Waals surface area contributed by atoms with Crippen LogP contribution in [0.1, 0.15) is 155 Å². The van der Waals surface area contributed by atoms with Crippen LogP contribution in [-0.4, -0.2) is 0 Å². The van der Waals surface area contributed by atoms with Crippen LogP contribution in [0.2, 0.25) is 0 Å². The van der Waals surface area contributed by atoms with Crippen molar-refractivity contribution in [2.45, 2.75) is 155 Å². The molecule has 1 heteroatoms. The zero-order valence-electron chi connectivity index (χ0n) is 18.2. The van der Waals surface area contributed by atoms with E-state index >= 15 is 0 Å². The van der Waals surface area contributed by atoms with E-state index in [0.717, 1.165) is 12.8 Å². The number of unbranched alkanes of at least 4 members (excludes halogenated alkanes) is 22. The van der Waals surface area contributed by atoms with Crippen LogP contribution < -0.4 is 0 Å². The topological polar surface area (TPSA) is 23.8 Å². The Morgan fingerprint density at radius 1 is 0.385 bits per heavy atom. The minimum absolute atomic E-state index is 0.749. The third kappa shape index (κ3) is 23.5. The molecule has 0 aliphatic carbocycles. The van der Waals surface area contributed by atoms with Crippen molar-refractivity contribution in [3.05, 3.63) is 0 Å². The van der Waals surface area contributed by atoms with Crippen LogP contribution in [0, 0.1) is 11.3 Å². The maximum absolute atomic E-state index is 8.48. The molecule has 0 aromatic carbocycles. The maximum Gasteiger partial charge on any atom is 0.0621 e. The fourth-order valence-electron chi connectivity index (χ4n) is 3.81. The summed E-state index contributed by atoms with van der Waals surface area (Å²) in [6.45, 7) is 2.30. The molecule has 26 heavy (non-hydrogen) atoms. The minimum atomic E-state index is 0.749. The van der Waals surface area contributed by atoms with Gasteiger partial charge in [-0.3, -0.25) is 0 Å². The molecule has 1 nitrogen and oxygen atoms in total. The van der Waals surface area contributed by atoms with E-state index in [4.69, 9.17) is 5.26 Å². The Balaban J connectivity index is 2.96. The first-order valence-corrected chi connectivity index (χ1v) is 12.3. The summed E-state index contributed by atoms with van der Waals surface area (Å²) >= 11 is 0. The number of nitriles is 1. The van der Waals surface area contributed by atoms with E-state index in [2.05, 4.69) is 13.0 Å². The van der Waals surface area contributed by atoms with E-state index in [1.54, 1.807) is 0 Å². The van der Waals surface area contributed by atoms with Gasteiger partial charge in [-0.15, -0.1) is 0 Å². The lowest BCUT2D eigenvalue weighted by Crippen LogP contribution is -1.84. The Bertz CT molecular complexity index is 278. The summed E-state index contributed by atoms with van der Waals surface area (Å²) in [6.07, 6.45) is 32.0. The zero-order chi connectivity index (χ0) is 19.0. The average molecular weight is 364 g/mol. The van der Waals surface area contributed by atoms with Crippen molar-refractivity contribution in [1.82, 2.24) is 0 Å². The molecule has 0 N–H and O–H groups in total. The summed E-state index contributed by atoms with van der Waals surface area (Å²) in [5, 5.41) is 8.48. The van der Waals surface area contributed by atoms with Crippen LogP contribution in [0.4, 0.5) is 0 Å². The Morgan fingerprint density at radius 2 is 0.615 bits per heavy atom. The molecule has 0 aromatic heterocycles. The van der Waals surface area contributed by atoms with Crippen LogP contribution >= 0.6 is 0 Å². The van der Waals surface area contributed by atoms with Gasteiger partial charge in [0.1, 0.15) is 0 Å². The first-order valence-electron chi connectivity index (χ1n) is 12.3. The van der Waals surface area contributed by atoms with Gasteiger partial charge in [-0.1, -0.05) is 142 Å². The summed E-state index contributed by atoms with van der Waals surface area (Å²) < 4.78 is 0.